The van der Waals surface area contributed by atoms with E-state index in [1.807, 2.05) is 46.8 Å². The number of carbonyl (C=O) groups is 2. The van der Waals surface area contributed by atoms with Crippen molar-refractivity contribution in [3.63, 3.8) is 0 Å². The van der Waals surface area contributed by atoms with Crippen LogP contribution in [0.3, 0.4) is 0 Å². The number of carbonyl (C=O) groups excluding carboxylic acids is 2. The van der Waals surface area contributed by atoms with Crippen LogP contribution in [-0.2, 0) is 14.3 Å². The van der Waals surface area contributed by atoms with Gasteiger partial charge in [0.1, 0.15) is 5.75 Å². The highest BCUT2D eigenvalue weighted by Crippen LogP contribution is 2.16. The van der Waals surface area contributed by atoms with Gasteiger partial charge in [0.15, 0.2) is 12.7 Å². The number of benzene rings is 1. The van der Waals surface area contributed by atoms with Crippen LogP contribution < -0.4 is 10.1 Å². The van der Waals surface area contributed by atoms with Gasteiger partial charge in [0.2, 0.25) is 0 Å². The maximum absolute atomic E-state index is 11.8. The second-order valence-electron chi connectivity index (χ2n) is 6.41. The molecule has 1 rings (SSSR count). The van der Waals surface area contributed by atoms with Gasteiger partial charge in [-0.3, -0.25) is 4.79 Å². The minimum absolute atomic E-state index is 0.227. The zero-order chi connectivity index (χ0) is 16.9. The molecular formula is C17H25NO4. The van der Waals surface area contributed by atoms with Crippen LogP contribution in [0, 0.1) is 13.8 Å². The zero-order valence-corrected chi connectivity index (χ0v) is 14.1. The van der Waals surface area contributed by atoms with E-state index in [9.17, 15) is 9.59 Å². The first kappa shape index (κ1) is 18.0. The molecule has 1 N–H and O–H groups in total. The van der Waals surface area contributed by atoms with E-state index in [0.29, 0.717) is 5.75 Å². The van der Waals surface area contributed by atoms with E-state index in [1.165, 1.54) is 6.92 Å². The lowest BCUT2D eigenvalue weighted by Gasteiger charge is -2.23. The third-order valence-electron chi connectivity index (χ3n) is 3.01. The van der Waals surface area contributed by atoms with Gasteiger partial charge in [-0.05, 0) is 64.8 Å². The second kappa shape index (κ2) is 7.29. The van der Waals surface area contributed by atoms with E-state index in [2.05, 4.69) is 5.32 Å². The van der Waals surface area contributed by atoms with Gasteiger partial charge < -0.3 is 14.8 Å². The highest BCUT2D eigenvalue weighted by molar-refractivity contribution is 5.84. The summed E-state index contributed by atoms with van der Waals surface area (Å²) in [4.78, 5) is 23.5. The van der Waals surface area contributed by atoms with Crippen LogP contribution in [0.2, 0.25) is 0 Å². The number of amides is 1. The molecular weight excluding hydrogens is 282 g/mol. The van der Waals surface area contributed by atoms with Crippen LogP contribution in [0.15, 0.2) is 18.2 Å². The number of rotatable bonds is 5. The molecule has 0 aliphatic carbocycles. The van der Waals surface area contributed by atoms with Crippen molar-refractivity contribution in [2.45, 2.75) is 53.2 Å². The predicted molar refractivity (Wildman–Crippen MR) is 84.9 cm³/mol. The molecule has 122 valence electrons. The lowest BCUT2D eigenvalue weighted by Crippen LogP contribution is -2.46. The van der Waals surface area contributed by atoms with Crippen LogP contribution in [0.25, 0.3) is 0 Å². The SMILES string of the molecule is Cc1ccc(OCC(=O)OC(C)C(=O)NC(C)(C)C)cc1C. The van der Waals surface area contributed by atoms with Gasteiger partial charge in [0, 0.05) is 5.54 Å². The fourth-order valence-corrected chi connectivity index (χ4v) is 1.70. The van der Waals surface area contributed by atoms with E-state index < -0.39 is 12.1 Å². The maximum Gasteiger partial charge on any atom is 0.344 e. The van der Waals surface area contributed by atoms with E-state index >= 15 is 0 Å². The first-order valence-corrected chi connectivity index (χ1v) is 7.30. The summed E-state index contributed by atoms with van der Waals surface area (Å²) in [5.41, 5.74) is 1.87. The van der Waals surface area contributed by atoms with E-state index in [0.717, 1.165) is 11.1 Å². The lowest BCUT2D eigenvalue weighted by molar-refractivity contribution is -0.157. The van der Waals surface area contributed by atoms with Crippen molar-refractivity contribution < 1.29 is 19.1 Å². The fraction of sp³-hybridized carbons (Fsp3) is 0.529. The standard InChI is InChI=1S/C17H25NO4/c1-11-7-8-14(9-12(11)2)21-10-15(19)22-13(3)16(20)18-17(4,5)6/h7-9,13H,10H2,1-6H3,(H,18,20). The molecule has 1 aromatic carbocycles. The van der Waals surface area contributed by atoms with E-state index in [4.69, 9.17) is 9.47 Å². The first-order chi connectivity index (χ1) is 10.1. The molecule has 0 saturated heterocycles. The van der Waals surface area contributed by atoms with Crippen molar-refractivity contribution in [3.05, 3.63) is 29.3 Å². The molecule has 0 bridgehead atoms. The van der Waals surface area contributed by atoms with Crippen molar-refractivity contribution >= 4 is 11.9 Å². The Bertz CT molecular complexity index is 546. The molecule has 5 nitrogen and oxygen atoms in total. The van der Waals surface area contributed by atoms with Crippen molar-refractivity contribution in [1.29, 1.82) is 0 Å². The molecule has 0 aliphatic rings. The number of esters is 1. The number of ether oxygens (including phenoxy) is 2. The van der Waals surface area contributed by atoms with E-state index in [1.54, 1.807) is 6.07 Å². The quantitative estimate of drug-likeness (QED) is 0.849. The van der Waals surface area contributed by atoms with Crippen molar-refractivity contribution in [3.8, 4) is 5.75 Å². The zero-order valence-electron chi connectivity index (χ0n) is 14.1. The largest absolute Gasteiger partial charge is 0.482 e. The molecule has 0 fully saturated rings. The summed E-state index contributed by atoms with van der Waals surface area (Å²) in [6.07, 6.45) is -0.852. The van der Waals surface area contributed by atoms with E-state index in [-0.39, 0.29) is 18.1 Å². The number of hydrogen-bond donors (Lipinski definition) is 1. The van der Waals surface area contributed by atoms with Crippen molar-refractivity contribution in [2.75, 3.05) is 6.61 Å². The Morgan fingerprint density at radius 2 is 1.82 bits per heavy atom. The van der Waals surface area contributed by atoms with Gasteiger partial charge in [0.25, 0.3) is 5.91 Å². The first-order valence-electron chi connectivity index (χ1n) is 7.30. The minimum Gasteiger partial charge on any atom is -0.482 e. The highest BCUT2D eigenvalue weighted by atomic mass is 16.6. The molecule has 0 aliphatic heterocycles. The molecule has 22 heavy (non-hydrogen) atoms. The molecule has 1 amide bonds. The molecule has 1 atom stereocenters. The number of aryl methyl sites for hydroxylation is 2. The smallest absolute Gasteiger partial charge is 0.344 e. The maximum atomic E-state index is 11.8. The Hall–Kier alpha value is -2.04. The van der Waals surface area contributed by atoms with Gasteiger partial charge in [-0.15, -0.1) is 0 Å². The van der Waals surface area contributed by atoms with Crippen LogP contribution in [0.4, 0.5) is 0 Å². The summed E-state index contributed by atoms with van der Waals surface area (Å²) in [5.74, 6) is -0.298. The van der Waals surface area contributed by atoms with Crippen LogP contribution in [-0.4, -0.2) is 30.1 Å². The predicted octanol–water partition coefficient (Wildman–Crippen LogP) is 2.53. The Labute approximate surface area is 132 Å². The van der Waals surface area contributed by atoms with Gasteiger partial charge in [0.05, 0.1) is 0 Å². The molecule has 0 radical (unpaired) electrons. The molecule has 0 spiro atoms. The Kier molecular flexibility index (Phi) is 5.97. The average molecular weight is 307 g/mol. The van der Waals surface area contributed by atoms with Crippen LogP contribution >= 0.6 is 0 Å². The van der Waals surface area contributed by atoms with Gasteiger partial charge in [-0.25, -0.2) is 4.79 Å². The molecule has 1 unspecified atom stereocenters. The highest BCUT2D eigenvalue weighted by Gasteiger charge is 2.22. The average Bonchev–Trinajstić information content (AvgIpc) is 2.38. The molecule has 0 aromatic heterocycles. The molecule has 0 heterocycles. The number of hydrogen-bond acceptors (Lipinski definition) is 4. The summed E-state index contributed by atoms with van der Waals surface area (Å²) in [5, 5.41) is 2.75. The monoisotopic (exact) mass is 307 g/mol. The second-order valence-corrected chi connectivity index (χ2v) is 6.41. The fourth-order valence-electron chi connectivity index (χ4n) is 1.70. The summed E-state index contributed by atoms with van der Waals surface area (Å²) in [6.45, 7) is 10.9. The summed E-state index contributed by atoms with van der Waals surface area (Å²) < 4.78 is 10.4. The van der Waals surface area contributed by atoms with Crippen LogP contribution in [0.1, 0.15) is 38.8 Å². The molecule has 0 saturated carbocycles. The molecule has 1 aromatic rings. The third-order valence-corrected chi connectivity index (χ3v) is 3.01. The Morgan fingerprint density at radius 1 is 1.18 bits per heavy atom. The summed E-state index contributed by atoms with van der Waals surface area (Å²) in [6, 6.07) is 5.58. The van der Waals surface area contributed by atoms with Crippen molar-refractivity contribution in [1.82, 2.24) is 5.32 Å². The topological polar surface area (TPSA) is 64.6 Å². The minimum atomic E-state index is -0.852. The molecule has 5 heteroatoms. The van der Waals surface area contributed by atoms with Crippen LogP contribution in [0.5, 0.6) is 5.75 Å². The van der Waals surface area contributed by atoms with Gasteiger partial charge >= 0.3 is 5.97 Å². The van der Waals surface area contributed by atoms with Crippen molar-refractivity contribution in [2.24, 2.45) is 0 Å². The summed E-state index contributed by atoms with van der Waals surface area (Å²) >= 11 is 0. The lowest BCUT2D eigenvalue weighted by atomic mass is 10.1. The van der Waals surface area contributed by atoms with Gasteiger partial charge in [-0.1, -0.05) is 6.07 Å². The Morgan fingerprint density at radius 3 is 2.36 bits per heavy atom. The van der Waals surface area contributed by atoms with Gasteiger partial charge in [-0.2, -0.15) is 0 Å². The summed E-state index contributed by atoms with van der Waals surface area (Å²) in [7, 11) is 0. The number of nitrogens with one attached hydrogen (secondary N) is 1. The Balaban J connectivity index is 2.45. The third kappa shape index (κ3) is 6.16. The normalized spacial score (nSPS) is 12.5.